The monoisotopic (exact) mass is 252 g/mol. The van der Waals surface area contributed by atoms with Crippen molar-refractivity contribution < 1.29 is 14.4 Å². The summed E-state index contributed by atoms with van der Waals surface area (Å²) in [7, 11) is 0. The fourth-order valence-corrected chi connectivity index (χ4v) is 2.91. The molecule has 0 radical (unpaired) electrons. The lowest BCUT2D eigenvalue weighted by molar-refractivity contribution is -0.140. The highest BCUT2D eigenvalue weighted by Gasteiger charge is 2.33. The van der Waals surface area contributed by atoms with Gasteiger partial charge in [0.25, 0.3) is 0 Å². The van der Waals surface area contributed by atoms with Crippen LogP contribution in [-0.2, 0) is 14.4 Å². The second-order valence-corrected chi connectivity index (χ2v) is 5.15. The molecular weight excluding hydrogens is 232 g/mol. The molecule has 0 aromatic carbocycles. The van der Waals surface area contributed by atoms with Crippen LogP contribution in [0.2, 0.25) is 0 Å². The van der Waals surface area contributed by atoms with E-state index in [9.17, 15) is 14.4 Å². The minimum Gasteiger partial charge on any atom is -0.299 e. The Balaban J connectivity index is 1.91. The normalized spacial score (nSPS) is 29.7. The Morgan fingerprint density at radius 3 is 2.72 bits per heavy atom. The third-order valence-electron chi connectivity index (χ3n) is 3.94. The van der Waals surface area contributed by atoms with Crippen molar-refractivity contribution in [1.82, 2.24) is 10.2 Å². The van der Waals surface area contributed by atoms with Gasteiger partial charge in [0.15, 0.2) is 0 Å². The number of nitrogens with one attached hydrogen (secondary N) is 1. The second-order valence-electron chi connectivity index (χ2n) is 5.15. The van der Waals surface area contributed by atoms with Gasteiger partial charge in [-0.15, -0.1) is 0 Å². The van der Waals surface area contributed by atoms with E-state index >= 15 is 0 Å². The summed E-state index contributed by atoms with van der Waals surface area (Å²) in [6, 6.07) is -0.223. The number of ketones is 1. The molecule has 1 aliphatic heterocycles. The van der Waals surface area contributed by atoms with E-state index in [4.69, 9.17) is 0 Å². The molecule has 1 heterocycles. The topological polar surface area (TPSA) is 66.5 Å². The van der Waals surface area contributed by atoms with Crippen molar-refractivity contribution in [2.45, 2.75) is 45.1 Å². The van der Waals surface area contributed by atoms with Crippen LogP contribution in [0, 0.1) is 5.92 Å². The van der Waals surface area contributed by atoms with Crippen LogP contribution < -0.4 is 5.32 Å². The third kappa shape index (κ3) is 2.77. The van der Waals surface area contributed by atoms with Crippen LogP contribution in [0.4, 0.5) is 0 Å². The van der Waals surface area contributed by atoms with Crippen LogP contribution in [0.25, 0.3) is 0 Å². The molecule has 0 bridgehead atoms. The number of amides is 2. The summed E-state index contributed by atoms with van der Waals surface area (Å²) < 4.78 is 0. The summed E-state index contributed by atoms with van der Waals surface area (Å²) in [5, 5.41) is 2.36. The molecule has 0 spiro atoms. The molecule has 0 aromatic rings. The molecule has 100 valence electrons. The quantitative estimate of drug-likeness (QED) is 0.739. The average molecular weight is 252 g/mol. The van der Waals surface area contributed by atoms with E-state index in [2.05, 4.69) is 5.32 Å². The van der Waals surface area contributed by atoms with E-state index in [1.54, 1.807) is 0 Å². The Hall–Kier alpha value is -1.23. The number of Topliss-reactive ketones (excluding diaryl/α,β-unsaturated/α-hetero) is 1. The summed E-state index contributed by atoms with van der Waals surface area (Å²) in [6.07, 6.45) is 4.11. The van der Waals surface area contributed by atoms with Gasteiger partial charge in [0, 0.05) is 18.9 Å². The molecule has 1 N–H and O–H groups in total. The minimum atomic E-state index is -0.234. The van der Waals surface area contributed by atoms with Gasteiger partial charge in [-0.05, 0) is 25.7 Å². The highest BCUT2D eigenvalue weighted by atomic mass is 16.2. The zero-order valence-electron chi connectivity index (χ0n) is 10.8. The van der Waals surface area contributed by atoms with Gasteiger partial charge in [-0.3, -0.25) is 24.6 Å². The van der Waals surface area contributed by atoms with Crippen molar-refractivity contribution in [3.8, 4) is 0 Å². The third-order valence-corrected chi connectivity index (χ3v) is 3.94. The predicted molar refractivity (Wildman–Crippen MR) is 65.8 cm³/mol. The van der Waals surface area contributed by atoms with E-state index in [-0.39, 0.29) is 30.3 Å². The number of carbonyl (C=O) groups excluding carboxylic acids is 3. The van der Waals surface area contributed by atoms with Crippen LogP contribution in [0.1, 0.15) is 39.0 Å². The first-order chi connectivity index (χ1) is 8.61. The Morgan fingerprint density at radius 1 is 1.33 bits per heavy atom. The van der Waals surface area contributed by atoms with Crippen molar-refractivity contribution >= 4 is 17.6 Å². The molecule has 2 fully saturated rings. The van der Waals surface area contributed by atoms with Crippen molar-refractivity contribution in [3.63, 3.8) is 0 Å². The summed E-state index contributed by atoms with van der Waals surface area (Å²) in [5.41, 5.74) is 0. The first-order valence-corrected chi connectivity index (χ1v) is 6.72. The van der Waals surface area contributed by atoms with Crippen LogP contribution in [0.15, 0.2) is 0 Å². The van der Waals surface area contributed by atoms with E-state index < -0.39 is 0 Å². The van der Waals surface area contributed by atoms with Gasteiger partial charge >= 0.3 is 0 Å². The lowest BCUT2D eigenvalue weighted by Gasteiger charge is -2.33. The van der Waals surface area contributed by atoms with Gasteiger partial charge < -0.3 is 0 Å². The van der Waals surface area contributed by atoms with Gasteiger partial charge in [-0.2, -0.15) is 0 Å². The maximum absolute atomic E-state index is 11.7. The largest absolute Gasteiger partial charge is 0.299 e. The Bertz CT molecular complexity index is 367. The van der Waals surface area contributed by atoms with Crippen LogP contribution in [0.5, 0.6) is 0 Å². The molecule has 1 saturated heterocycles. The van der Waals surface area contributed by atoms with E-state index in [1.807, 2.05) is 11.8 Å². The molecular formula is C13H20N2O3. The van der Waals surface area contributed by atoms with Crippen LogP contribution >= 0.6 is 0 Å². The second kappa shape index (κ2) is 5.61. The molecule has 1 saturated carbocycles. The maximum Gasteiger partial charge on any atom is 0.243 e. The van der Waals surface area contributed by atoms with E-state index in [0.29, 0.717) is 25.2 Å². The molecule has 5 nitrogen and oxygen atoms in total. The molecule has 2 unspecified atom stereocenters. The maximum atomic E-state index is 11.7. The molecule has 2 rings (SSSR count). The molecule has 2 amide bonds. The first-order valence-electron chi connectivity index (χ1n) is 6.72. The Labute approximate surface area is 107 Å². The number of carbonyl (C=O) groups is 3. The highest BCUT2D eigenvalue weighted by molar-refractivity contribution is 6.01. The molecule has 5 heteroatoms. The fraction of sp³-hybridized carbons (Fsp3) is 0.769. The first kappa shape index (κ1) is 13.2. The predicted octanol–water partition coefficient (Wildman–Crippen LogP) is 0.483. The van der Waals surface area contributed by atoms with E-state index in [0.717, 1.165) is 19.3 Å². The number of hydrogen-bond acceptors (Lipinski definition) is 4. The van der Waals surface area contributed by atoms with E-state index in [1.165, 1.54) is 0 Å². The number of hydrogen-bond donors (Lipinski definition) is 1. The van der Waals surface area contributed by atoms with Crippen LogP contribution in [0.3, 0.4) is 0 Å². The number of imide groups is 1. The Kier molecular flexibility index (Phi) is 4.11. The van der Waals surface area contributed by atoms with Crippen molar-refractivity contribution in [2.75, 3.05) is 13.1 Å². The number of nitrogens with zero attached hydrogens (tertiary/aromatic N) is 1. The molecule has 2 atom stereocenters. The number of rotatable bonds is 4. The minimum absolute atomic E-state index is 0.141. The van der Waals surface area contributed by atoms with Crippen molar-refractivity contribution in [2.24, 2.45) is 5.92 Å². The van der Waals surface area contributed by atoms with Crippen molar-refractivity contribution in [3.05, 3.63) is 0 Å². The molecule has 1 aliphatic carbocycles. The summed E-state index contributed by atoms with van der Waals surface area (Å²) in [6.45, 7) is 2.87. The van der Waals surface area contributed by atoms with Gasteiger partial charge in [0.05, 0.1) is 12.6 Å². The lowest BCUT2D eigenvalue weighted by atomic mass is 10.0. The average Bonchev–Trinajstić information content (AvgIpc) is 2.71. The zero-order valence-corrected chi connectivity index (χ0v) is 10.8. The smallest absolute Gasteiger partial charge is 0.243 e. The van der Waals surface area contributed by atoms with Gasteiger partial charge in [-0.25, -0.2) is 0 Å². The van der Waals surface area contributed by atoms with Gasteiger partial charge in [0.2, 0.25) is 11.8 Å². The van der Waals surface area contributed by atoms with Gasteiger partial charge in [-0.1, -0.05) is 6.92 Å². The highest BCUT2D eigenvalue weighted by Crippen LogP contribution is 2.25. The fourth-order valence-electron chi connectivity index (χ4n) is 2.91. The molecule has 0 aromatic heterocycles. The molecule has 2 aliphatic rings. The SMILES string of the molecule is CCC1C(=O)NC(=O)CN1CCC1CCCC1=O. The number of piperazine rings is 1. The van der Waals surface area contributed by atoms with Crippen molar-refractivity contribution in [1.29, 1.82) is 0 Å². The van der Waals surface area contributed by atoms with Crippen LogP contribution in [-0.4, -0.2) is 41.6 Å². The molecule has 18 heavy (non-hydrogen) atoms. The Morgan fingerprint density at radius 2 is 2.11 bits per heavy atom. The van der Waals surface area contributed by atoms with Gasteiger partial charge in [0.1, 0.15) is 5.78 Å². The summed E-state index contributed by atoms with van der Waals surface area (Å²) in [5.74, 6) is 0.0485. The zero-order chi connectivity index (χ0) is 13.1. The summed E-state index contributed by atoms with van der Waals surface area (Å²) >= 11 is 0. The summed E-state index contributed by atoms with van der Waals surface area (Å²) in [4.78, 5) is 36.5. The lowest BCUT2D eigenvalue weighted by Crippen LogP contribution is -2.58. The standard InChI is InChI=1S/C13H20N2O3/c1-2-10-13(18)14-12(17)8-15(10)7-6-9-4-3-5-11(9)16/h9-10H,2-8H2,1H3,(H,14,17,18).